The highest BCUT2D eigenvalue weighted by molar-refractivity contribution is 6.39. The third-order valence-electron chi connectivity index (χ3n) is 5.06. The van der Waals surface area contributed by atoms with Crippen LogP contribution in [0.4, 0.5) is 0 Å². The number of ketones is 1. The molecule has 3 heteroatoms. The number of aliphatic hydroxyl groups is 1. The highest BCUT2D eigenvalue weighted by Crippen LogP contribution is 2.34. The molecule has 2 aromatic carbocycles. The molecule has 2 aromatic rings. The number of carbonyl (C=O) groups is 1. The molecule has 4 rings (SSSR count). The Morgan fingerprint density at radius 2 is 1.52 bits per heavy atom. The van der Waals surface area contributed by atoms with Gasteiger partial charge in [0.25, 0.3) is 0 Å². The Labute approximate surface area is 147 Å². The highest BCUT2D eigenvalue weighted by atomic mass is 16.3. The number of benzene rings is 2. The van der Waals surface area contributed by atoms with Crippen LogP contribution in [0.2, 0.25) is 0 Å². The number of rotatable bonds is 3. The first-order valence-electron chi connectivity index (χ1n) is 8.96. The molecule has 0 saturated heterocycles. The van der Waals surface area contributed by atoms with Gasteiger partial charge in [0.05, 0.1) is 17.3 Å². The third kappa shape index (κ3) is 2.91. The molecule has 25 heavy (non-hydrogen) atoms. The lowest BCUT2D eigenvalue weighted by molar-refractivity contribution is 0.104. The Balaban J connectivity index is 1.83. The molecule has 0 amide bonds. The summed E-state index contributed by atoms with van der Waals surface area (Å²) in [6, 6.07) is 17.2. The van der Waals surface area contributed by atoms with Crippen molar-refractivity contribution < 1.29 is 9.90 Å². The maximum absolute atomic E-state index is 13.0. The van der Waals surface area contributed by atoms with E-state index in [-0.39, 0.29) is 17.6 Å². The standard InChI is InChI=1S/C22H21NO2/c24-21-17-13-7-8-14-18(17)22(25)19(21)20(15-9-3-1-4-10-15)23-16-11-5-2-6-12-16/h1,3-4,7-10,13-14,16,24H,2,5-6,11-12H2. The number of fused-ring (bicyclic) bond motifs is 1. The molecule has 0 spiro atoms. The molecule has 0 bridgehead atoms. The van der Waals surface area contributed by atoms with E-state index < -0.39 is 0 Å². The molecule has 0 aromatic heterocycles. The van der Waals surface area contributed by atoms with Crippen molar-refractivity contribution in [2.45, 2.75) is 38.1 Å². The van der Waals surface area contributed by atoms with E-state index in [0.717, 1.165) is 18.4 Å². The van der Waals surface area contributed by atoms with E-state index in [9.17, 15) is 9.90 Å². The first-order valence-corrected chi connectivity index (χ1v) is 8.96. The molecule has 2 aliphatic carbocycles. The highest BCUT2D eigenvalue weighted by Gasteiger charge is 2.33. The van der Waals surface area contributed by atoms with Crippen molar-refractivity contribution in [2.75, 3.05) is 0 Å². The zero-order valence-corrected chi connectivity index (χ0v) is 14.1. The van der Waals surface area contributed by atoms with Crippen LogP contribution >= 0.6 is 0 Å². The molecule has 3 nitrogen and oxygen atoms in total. The van der Waals surface area contributed by atoms with E-state index in [1.807, 2.05) is 42.5 Å². The Bertz CT molecular complexity index is 859. The summed E-state index contributed by atoms with van der Waals surface area (Å²) in [4.78, 5) is 17.9. The molecular weight excluding hydrogens is 310 g/mol. The van der Waals surface area contributed by atoms with Crippen LogP contribution in [0.25, 0.3) is 5.76 Å². The lowest BCUT2D eigenvalue weighted by Crippen LogP contribution is -2.18. The summed E-state index contributed by atoms with van der Waals surface area (Å²) < 4.78 is 0. The average Bonchev–Trinajstić information content (AvgIpc) is 2.93. The van der Waals surface area contributed by atoms with Gasteiger partial charge in [0.2, 0.25) is 0 Å². The summed E-state index contributed by atoms with van der Waals surface area (Å²) in [7, 11) is 0. The second kappa shape index (κ2) is 6.67. The summed E-state index contributed by atoms with van der Waals surface area (Å²) in [5, 5.41) is 10.8. The van der Waals surface area contributed by atoms with Gasteiger partial charge in [-0.1, -0.05) is 73.9 Å². The van der Waals surface area contributed by atoms with Crippen LogP contribution in [0.5, 0.6) is 0 Å². The maximum atomic E-state index is 13.0. The van der Waals surface area contributed by atoms with Gasteiger partial charge < -0.3 is 5.11 Å². The monoisotopic (exact) mass is 331 g/mol. The third-order valence-corrected chi connectivity index (χ3v) is 5.06. The van der Waals surface area contributed by atoms with Gasteiger partial charge in [-0.25, -0.2) is 0 Å². The van der Waals surface area contributed by atoms with Crippen molar-refractivity contribution in [1.29, 1.82) is 0 Å². The summed E-state index contributed by atoms with van der Waals surface area (Å²) >= 11 is 0. The van der Waals surface area contributed by atoms with Crippen LogP contribution in [0, 0.1) is 0 Å². The lowest BCUT2D eigenvalue weighted by atomic mass is 9.94. The van der Waals surface area contributed by atoms with Gasteiger partial charge in [0.1, 0.15) is 5.76 Å². The van der Waals surface area contributed by atoms with Gasteiger partial charge in [0, 0.05) is 16.7 Å². The summed E-state index contributed by atoms with van der Waals surface area (Å²) in [6.45, 7) is 0. The maximum Gasteiger partial charge on any atom is 0.199 e. The number of aliphatic hydroxyl groups excluding tert-OH is 1. The molecule has 0 heterocycles. The fraction of sp³-hybridized carbons (Fsp3) is 0.273. The fourth-order valence-electron chi connectivity index (χ4n) is 3.76. The van der Waals surface area contributed by atoms with Crippen LogP contribution < -0.4 is 0 Å². The minimum Gasteiger partial charge on any atom is -0.506 e. The molecule has 2 aliphatic rings. The largest absolute Gasteiger partial charge is 0.506 e. The predicted octanol–water partition coefficient (Wildman–Crippen LogP) is 4.97. The van der Waals surface area contributed by atoms with Gasteiger partial charge >= 0.3 is 0 Å². The van der Waals surface area contributed by atoms with Gasteiger partial charge in [-0.05, 0) is 12.8 Å². The van der Waals surface area contributed by atoms with Crippen molar-refractivity contribution in [1.82, 2.24) is 0 Å². The second-order valence-corrected chi connectivity index (χ2v) is 6.73. The minimum absolute atomic E-state index is 0.0546. The molecule has 1 fully saturated rings. The van der Waals surface area contributed by atoms with E-state index in [4.69, 9.17) is 4.99 Å². The topological polar surface area (TPSA) is 49.7 Å². The smallest absolute Gasteiger partial charge is 0.199 e. The first kappa shape index (κ1) is 15.8. The minimum atomic E-state index is -0.133. The zero-order chi connectivity index (χ0) is 17.2. The molecule has 1 saturated carbocycles. The van der Waals surface area contributed by atoms with Gasteiger partial charge in [-0.3, -0.25) is 9.79 Å². The van der Waals surface area contributed by atoms with Crippen molar-refractivity contribution in [2.24, 2.45) is 4.99 Å². The average molecular weight is 331 g/mol. The number of allylic oxidation sites excluding steroid dienone is 1. The number of aliphatic imine (C=N–C) groups is 1. The van der Waals surface area contributed by atoms with E-state index in [2.05, 4.69) is 0 Å². The first-order chi connectivity index (χ1) is 12.3. The Hall–Kier alpha value is -2.68. The van der Waals surface area contributed by atoms with E-state index >= 15 is 0 Å². The number of hydrogen-bond acceptors (Lipinski definition) is 3. The van der Waals surface area contributed by atoms with Crippen molar-refractivity contribution in [3.05, 3.63) is 76.9 Å². The molecule has 126 valence electrons. The quantitative estimate of drug-likeness (QED) is 0.807. The van der Waals surface area contributed by atoms with Gasteiger partial charge in [-0.15, -0.1) is 0 Å². The number of nitrogens with zero attached hydrogens (tertiary/aromatic N) is 1. The van der Waals surface area contributed by atoms with Gasteiger partial charge in [0.15, 0.2) is 5.78 Å². The Kier molecular flexibility index (Phi) is 4.22. The molecule has 0 unspecified atom stereocenters. The zero-order valence-electron chi connectivity index (χ0n) is 14.1. The predicted molar refractivity (Wildman–Crippen MR) is 100 cm³/mol. The fourth-order valence-corrected chi connectivity index (χ4v) is 3.76. The van der Waals surface area contributed by atoms with Crippen LogP contribution in [-0.4, -0.2) is 22.6 Å². The van der Waals surface area contributed by atoms with Crippen LogP contribution in [0.3, 0.4) is 0 Å². The van der Waals surface area contributed by atoms with Crippen molar-refractivity contribution >= 4 is 17.3 Å². The van der Waals surface area contributed by atoms with Crippen LogP contribution in [0.15, 0.2) is 65.2 Å². The molecule has 0 aliphatic heterocycles. The molecular formula is C22H21NO2. The summed E-state index contributed by atoms with van der Waals surface area (Å²) in [6.07, 6.45) is 5.70. The lowest BCUT2D eigenvalue weighted by Gasteiger charge is -2.20. The number of hydrogen-bond donors (Lipinski definition) is 1. The van der Waals surface area contributed by atoms with Crippen LogP contribution in [-0.2, 0) is 0 Å². The van der Waals surface area contributed by atoms with E-state index in [0.29, 0.717) is 22.4 Å². The molecule has 0 atom stereocenters. The SMILES string of the molecule is O=C1C(C(=NC2CCCCC2)c2ccccc2)=C(O)c2ccccc21. The van der Waals surface area contributed by atoms with Gasteiger partial charge in [-0.2, -0.15) is 0 Å². The van der Waals surface area contributed by atoms with Crippen molar-refractivity contribution in [3.8, 4) is 0 Å². The Morgan fingerprint density at radius 1 is 0.880 bits per heavy atom. The number of carbonyl (C=O) groups excluding carboxylic acids is 1. The van der Waals surface area contributed by atoms with E-state index in [1.165, 1.54) is 19.3 Å². The summed E-state index contributed by atoms with van der Waals surface area (Å²) in [5.41, 5.74) is 3.03. The molecule has 1 N–H and O–H groups in total. The normalized spacial score (nSPS) is 18.6. The van der Waals surface area contributed by atoms with Crippen LogP contribution in [0.1, 0.15) is 53.6 Å². The second-order valence-electron chi connectivity index (χ2n) is 6.73. The van der Waals surface area contributed by atoms with E-state index in [1.54, 1.807) is 12.1 Å². The molecule has 0 radical (unpaired) electrons. The van der Waals surface area contributed by atoms with Crippen molar-refractivity contribution in [3.63, 3.8) is 0 Å². The summed E-state index contributed by atoms with van der Waals surface area (Å²) in [5.74, 6) is -0.0782. The Morgan fingerprint density at radius 3 is 2.20 bits per heavy atom. The number of Topliss-reactive ketones (excluding diaryl/α,β-unsaturated/α-hetero) is 1.